The fourth-order valence-corrected chi connectivity index (χ4v) is 3.37. The number of likely N-dealkylation sites (tertiary alicyclic amines) is 1. The van der Waals surface area contributed by atoms with Gasteiger partial charge in [-0.15, -0.1) is 0 Å². The van der Waals surface area contributed by atoms with Crippen LogP contribution in [-0.2, 0) is 0 Å². The molecular formula is C21H20F3N5O4. The summed E-state index contributed by atoms with van der Waals surface area (Å²) in [5.74, 6) is 6.37. The minimum absolute atomic E-state index is 0.0299. The highest BCUT2D eigenvalue weighted by atomic mass is 19.4. The van der Waals surface area contributed by atoms with Crippen molar-refractivity contribution in [2.75, 3.05) is 39.2 Å². The second kappa shape index (κ2) is 9.61. The molecule has 1 unspecified atom stereocenters. The van der Waals surface area contributed by atoms with E-state index in [-0.39, 0.29) is 30.2 Å². The zero-order valence-corrected chi connectivity index (χ0v) is 17.7. The number of rotatable bonds is 5. The number of carbonyl (C=O) groups is 1. The molecule has 3 rings (SSSR count). The standard InChI is InChI=1S/C21H20F3N5O4/c1-32-15-7-13(8-16(9-15)33-2)3-4-18-17(10-25)19(26-12-21(22,23)24)29(27-18)14-5-6-28(11-14)20(30)31/h7-9,14,26H,5-6,11-12H2,1-2H3,(H,30,31). The van der Waals surface area contributed by atoms with Gasteiger partial charge in [-0.25, -0.2) is 9.48 Å². The van der Waals surface area contributed by atoms with E-state index >= 15 is 0 Å². The van der Waals surface area contributed by atoms with Crippen LogP contribution in [0.4, 0.5) is 23.8 Å². The molecule has 9 nitrogen and oxygen atoms in total. The Balaban J connectivity index is 2.03. The largest absolute Gasteiger partial charge is 0.497 e. The lowest BCUT2D eigenvalue weighted by Crippen LogP contribution is -2.28. The van der Waals surface area contributed by atoms with Crippen molar-refractivity contribution in [2.24, 2.45) is 0 Å². The summed E-state index contributed by atoms with van der Waals surface area (Å²) in [7, 11) is 2.95. The lowest BCUT2D eigenvalue weighted by molar-refractivity contribution is -0.115. The summed E-state index contributed by atoms with van der Waals surface area (Å²) >= 11 is 0. The molecule has 1 atom stereocenters. The van der Waals surface area contributed by atoms with Crippen LogP contribution < -0.4 is 14.8 Å². The summed E-state index contributed by atoms with van der Waals surface area (Å²) in [6.07, 6.45) is -5.34. The summed E-state index contributed by atoms with van der Waals surface area (Å²) < 4.78 is 50.2. The summed E-state index contributed by atoms with van der Waals surface area (Å²) in [5.41, 5.74) is 0.292. The van der Waals surface area contributed by atoms with Crippen molar-refractivity contribution in [1.82, 2.24) is 14.7 Å². The molecule has 1 amide bonds. The van der Waals surface area contributed by atoms with Crippen LogP contribution in [0.1, 0.15) is 29.3 Å². The average molecular weight is 463 g/mol. The van der Waals surface area contributed by atoms with Crippen molar-refractivity contribution >= 4 is 11.9 Å². The first kappa shape index (κ1) is 23.6. The number of aromatic nitrogens is 2. The second-order valence-corrected chi connectivity index (χ2v) is 7.12. The third-order valence-corrected chi connectivity index (χ3v) is 4.93. The topological polar surface area (TPSA) is 113 Å². The molecule has 0 spiro atoms. The van der Waals surface area contributed by atoms with Gasteiger partial charge >= 0.3 is 12.3 Å². The molecule has 1 saturated heterocycles. The number of amides is 1. The summed E-state index contributed by atoms with van der Waals surface area (Å²) in [4.78, 5) is 12.4. The van der Waals surface area contributed by atoms with Gasteiger partial charge < -0.3 is 24.8 Å². The van der Waals surface area contributed by atoms with Crippen molar-refractivity contribution < 1.29 is 32.5 Å². The van der Waals surface area contributed by atoms with Crippen LogP contribution in [0.25, 0.3) is 0 Å². The predicted molar refractivity (Wildman–Crippen MR) is 110 cm³/mol. The molecule has 0 bridgehead atoms. The van der Waals surface area contributed by atoms with E-state index in [1.807, 2.05) is 6.07 Å². The Kier molecular flexibility index (Phi) is 6.87. The molecule has 33 heavy (non-hydrogen) atoms. The molecule has 1 aliphatic rings. The molecule has 1 aromatic carbocycles. The average Bonchev–Trinajstić information content (AvgIpc) is 3.40. The zero-order chi connectivity index (χ0) is 24.2. The molecule has 12 heteroatoms. The molecule has 1 fully saturated rings. The van der Waals surface area contributed by atoms with Gasteiger partial charge in [-0.2, -0.15) is 23.5 Å². The van der Waals surface area contributed by atoms with E-state index in [1.165, 1.54) is 18.9 Å². The van der Waals surface area contributed by atoms with Gasteiger partial charge in [0.2, 0.25) is 0 Å². The summed E-state index contributed by atoms with van der Waals surface area (Å²) in [6.45, 7) is -1.16. The fraction of sp³-hybridized carbons (Fsp3) is 0.381. The molecule has 2 heterocycles. The van der Waals surface area contributed by atoms with Crippen LogP contribution in [0.2, 0.25) is 0 Å². The zero-order valence-electron chi connectivity index (χ0n) is 17.7. The number of hydrogen-bond acceptors (Lipinski definition) is 6. The number of carboxylic acid groups (broad SMARTS) is 1. The second-order valence-electron chi connectivity index (χ2n) is 7.12. The highest BCUT2D eigenvalue weighted by Crippen LogP contribution is 2.30. The van der Waals surface area contributed by atoms with Gasteiger partial charge in [-0.1, -0.05) is 5.92 Å². The fourth-order valence-electron chi connectivity index (χ4n) is 3.37. The number of nitriles is 1. The molecule has 1 aromatic heterocycles. The van der Waals surface area contributed by atoms with E-state index in [0.29, 0.717) is 23.5 Å². The Morgan fingerprint density at radius 2 is 1.94 bits per heavy atom. The highest BCUT2D eigenvalue weighted by molar-refractivity contribution is 5.65. The van der Waals surface area contributed by atoms with Crippen molar-refractivity contribution in [1.29, 1.82) is 5.26 Å². The summed E-state index contributed by atoms with van der Waals surface area (Å²) in [5, 5.41) is 25.3. The Bertz CT molecular complexity index is 1120. The van der Waals surface area contributed by atoms with Crippen LogP contribution in [0.3, 0.4) is 0 Å². The monoisotopic (exact) mass is 463 g/mol. The number of halogens is 3. The molecule has 2 aromatic rings. The van der Waals surface area contributed by atoms with E-state index in [2.05, 4.69) is 22.3 Å². The van der Waals surface area contributed by atoms with E-state index < -0.39 is 24.9 Å². The van der Waals surface area contributed by atoms with Gasteiger partial charge in [0.25, 0.3) is 0 Å². The Morgan fingerprint density at radius 1 is 1.27 bits per heavy atom. The quantitative estimate of drug-likeness (QED) is 0.656. The number of nitrogens with zero attached hydrogens (tertiary/aromatic N) is 4. The van der Waals surface area contributed by atoms with Gasteiger partial charge in [0.15, 0.2) is 5.69 Å². The van der Waals surface area contributed by atoms with Crippen LogP contribution in [0.5, 0.6) is 11.5 Å². The minimum atomic E-state index is -4.53. The number of methoxy groups -OCH3 is 2. The van der Waals surface area contributed by atoms with E-state index in [1.54, 1.807) is 18.2 Å². The first-order valence-corrected chi connectivity index (χ1v) is 9.71. The Hall–Kier alpha value is -4.06. The Labute approximate surface area is 187 Å². The molecule has 0 aliphatic carbocycles. The van der Waals surface area contributed by atoms with Crippen LogP contribution >= 0.6 is 0 Å². The number of anilines is 1. The third-order valence-electron chi connectivity index (χ3n) is 4.93. The van der Waals surface area contributed by atoms with Crippen LogP contribution in [0.15, 0.2) is 18.2 Å². The van der Waals surface area contributed by atoms with Crippen molar-refractivity contribution in [3.05, 3.63) is 35.0 Å². The maximum atomic E-state index is 12.9. The van der Waals surface area contributed by atoms with E-state index in [9.17, 15) is 28.3 Å². The van der Waals surface area contributed by atoms with Crippen LogP contribution in [0, 0.1) is 23.2 Å². The van der Waals surface area contributed by atoms with Gasteiger partial charge in [-0.05, 0) is 24.5 Å². The number of hydrogen-bond donors (Lipinski definition) is 2. The first-order chi connectivity index (χ1) is 15.6. The number of nitrogens with one attached hydrogen (secondary N) is 1. The smallest absolute Gasteiger partial charge is 0.407 e. The van der Waals surface area contributed by atoms with Crippen LogP contribution in [-0.4, -0.2) is 65.9 Å². The van der Waals surface area contributed by atoms with Gasteiger partial charge in [0, 0.05) is 24.7 Å². The van der Waals surface area contributed by atoms with E-state index in [4.69, 9.17) is 9.47 Å². The van der Waals surface area contributed by atoms with Crippen molar-refractivity contribution in [3.8, 4) is 29.4 Å². The normalized spacial score (nSPS) is 15.4. The first-order valence-electron chi connectivity index (χ1n) is 9.71. The van der Waals surface area contributed by atoms with Gasteiger partial charge in [0.1, 0.15) is 35.5 Å². The SMILES string of the molecule is COc1cc(C#Cc2nn(C3CCN(C(=O)O)C3)c(NCC(F)(F)F)c2C#N)cc(OC)c1. The molecule has 0 radical (unpaired) electrons. The minimum Gasteiger partial charge on any atom is -0.497 e. The lowest BCUT2D eigenvalue weighted by Gasteiger charge is -2.17. The van der Waals surface area contributed by atoms with Gasteiger partial charge in [0.05, 0.1) is 20.3 Å². The molecule has 174 valence electrons. The maximum Gasteiger partial charge on any atom is 0.407 e. The van der Waals surface area contributed by atoms with Crippen molar-refractivity contribution in [2.45, 2.75) is 18.6 Å². The van der Waals surface area contributed by atoms with E-state index in [0.717, 1.165) is 4.90 Å². The number of alkyl halides is 3. The molecule has 1 aliphatic heterocycles. The summed E-state index contributed by atoms with van der Waals surface area (Å²) in [6, 6.07) is 6.22. The van der Waals surface area contributed by atoms with Gasteiger partial charge in [-0.3, -0.25) is 0 Å². The lowest BCUT2D eigenvalue weighted by atomic mass is 10.2. The highest BCUT2D eigenvalue weighted by Gasteiger charge is 2.33. The Morgan fingerprint density at radius 3 is 2.45 bits per heavy atom. The third kappa shape index (κ3) is 5.60. The van der Waals surface area contributed by atoms with Crippen molar-refractivity contribution in [3.63, 3.8) is 0 Å². The maximum absolute atomic E-state index is 12.9. The molecule has 0 saturated carbocycles. The molecular weight excluding hydrogens is 443 g/mol. The molecule has 2 N–H and O–H groups in total. The number of ether oxygens (including phenoxy) is 2. The predicted octanol–water partition coefficient (Wildman–Crippen LogP) is 3.07. The number of benzene rings is 1.